The van der Waals surface area contributed by atoms with Gasteiger partial charge in [-0.3, -0.25) is 4.57 Å². The molecule has 0 fully saturated rings. The molecule has 0 bridgehead atoms. The van der Waals surface area contributed by atoms with E-state index in [-0.39, 0.29) is 19.5 Å². The van der Waals surface area contributed by atoms with E-state index in [0.29, 0.717) is 13.2 Å². The average molecular weight is 255 g/mol. The van der Waals surface area contributed by atoms with E-state index in [0.717, 1.165) is 0 Å². The monoisotopic (exact) mass is 253 g/mol. The van der Waals surface area contributed by atoms with E-state index in [1.807, 2.05) is 0 Å². The summed E-state index contributed by atoms with van der Waals surface area (Å²) in [4.78, 5) is 0. The third kappa shape index (κ3) is 22.4. The summed E-state index contributed by atoms with van der Waals surface area (Å²) < 4.78 is 38.6. The minimum atomic E-state index is -2.14. The van der Waals surface area contributed by atoms with Crippen molar-refractivity contribution in [1.82, 2.24) is 0 Å². The summed E-state index contributed by atoms with van der Waals surface area (Å²) in [6.45, 7) is 3.47. The van der Waals surface area contributed by atoms with Gasteiger partial charge in [-0.05, 0) is 20.8 Å². The predicted octanol–water partition coefficient (Wildman–Crippen LogP) is 2.49. The summed E-state index contributed by atoms with van der Waals surface area (Å²) in [5.74, 6) is 0. The van der Waals surface area contributed by atoms with Crippen LogP contribution in [-0.4, -0.2) is 13.2 Å². The number of hydrogen-bond donors (Lipinski definition) is 0. The van der Waals surface area contributed by atoms with E-state index < -0.39 is 15.2 Å². The van der Waals surface area contributed by atoms with Crippen molar-refractivity contribution in [3.05, 3.63) is 6.93 Å². The Morgan fingerprint density at radius 1 is 1.25 bits per heavy atom. The molecule has 12 heavy (non-hydrogen) atoms. The van der Waals surface area contributed by atoms with Crippen molar-refractivity contribution in [3.8, 4) is 0 Å². The Morgan fingerprint density at radius 3 is 1.67 bits per heavy atom. The minimum Gasteiger partial charge on any atom is -0.425 e. The molecule has 0 atom stereocenters. The molecule has 0 aromatic rings. The first-order valence-electron chi connectivity index (χ1n) is 3.04. The maximum Gasteiger partial charge on any atom is 0.319 e. The standard InChI is InChI=1S/C4H11O3P.CHF2.Zn/c1-3-6-8(5)7-4-2;2-1-3;/h8H,3-4H2,1-2H3;1H;/q;-1;. The van der Waals surface area contributed by atoms with E-state index >= 15 is 0 Å². The van der Waals surface area contributed by atoms with Crippen LogP contribution >= 0.6 is 8.25 Å². The Kier molecular flexibility index (Phi) is 27.1. The second kappa shape index (κ2) is 17.6. The molecule has 0 amide bonds. The van der Waals surface area contributed by atoms with Gasteiger partial charge in [0.15, 0.2) is 0 Å². The molecule has 0 rings (SSSR count). The Morgan fingerprint density at radius 2 is 1.50 bits per heavy atom. The molecule has 0 spiro atoms. The van der Waals surface area contributed by atoms with Gasteiger partial charge in [-0.1, -0.05) is 0 Å². The molecule has 72 valence electrons. The van der Waals surface area contributed by atoms with Crippen molar-refractivity contribution in [1.29, 1.82) is 0 Å². The number of rotatable bonds is 4. The van der Waals surface area contributed by atoms with Crippen LogP contribution in [0.3, 0.4) is 0 Å². The normalized spacial score (nSPS) is 8.42. The molecule has 0 saturated carbocycles. The Hall–Kier alpha value is 0.633. The summed E-state index contributed by atoms with van der Waals surface area (Å²) in [7, 11) is -2.14. The molecule has 0 aromatic heterocycles. The summed E-state index contributed by atoms with van der Waals surface area (Å²) in [5, 5.41) is 0. The Labute approximate surface area is 84.5 Å². The van der Waals surface area contributed by atoms with Gasteiger partial charge in [-0.2, -0.15) is 0 Å². The second-order valence-corrected chi connectivity index (χ2v) is 2.28. The number of halogens is 2. The largest absolute Gasteiger partial charge is 0.425 e. The van der Waals surface area contributed by atoms with Crippen molar-refractivity contribution < 1.29 is 41.9 Å². The van der Waals surface area contributed by atoms with Crippen molar-refractivity contribution in [2.75, 3.05) is 13.2 Å². The summed E-state index contributed by atoms with van der Waals surface area (Å²) >= 11 is 0. The van der Waals surface area contributed by atoms with Crippen molar-refractivity contribution >= 4 is 8.25 Å². The average Bonchev–Trinajstić information content (AvgIpc) is 1.90. The van der Waals surface area contributed by atoms with E-state index in [1.165, 1.54) is 0 Å². The molecular weight excluding hydrogens is 242 g/mol. The van der Waals surface area contributed by atoms with E-state index in [1.54, 1.807) is 13.8 Å². The van der Waals surface area contributed by atoms with Crippen LogP contribution in [0.4, 0.5) is 8.78 Å². The summed E-state index contributed by atoms with van der Waals surface area (Å²) in [5.41, 5.74) is 0. The molecule has 0 N–H and O–H groups in total. The van der Waals surface area contributed by atoms with Crippen molar-refractivity contribution in [3.63, 3.8) is 0 Å². The first kappa shape index (κ1) is 18.4. The maximum absolute atomic E-state index is 10.4. The maximum atomic E-state index is 10.4. The molecule has 7 heteroatoms. The van der Waals surface area contributed by atoms with Gasteiger partial charge in [-0.25, -0.2) is 0 Å². The molecule has 0 aliphatic heterocycles. The third-order valence-corrected chi connectivity index (χ3v) is 1.57. The molecular formula is C5H12F2O3PZn-. The van der Waals surface area contributed by atoms with E-state index in [9.17, 15) is 13.3 Å². The van der Waals surface area contributed by atoms with Crippen LogP contribution in [-0.2, 0) is 33.1 Å². The third-order valence-electron chi connectivity index (χ3n) is 0.524. The molecule has 0 saturated heterocycles. The van der Waals surface area contributed by atoms with Gasteiger partial charge in [0.05, 0.1) is 13.2 Å². The van der Waals surface area contributed by atoms with Crippen LogP contribution < -0.4 is 0 Å². The Balaban J connectivity index is -0.000000177. The van der Waals surface area contributed by atoms with Crippen LogP contribution in [0, 0.1) is 6.93 Å². The van der Waals surface area contributed by atoms with Crippen LogP contribution in [0.1, 0.15) is 13.8 Å². The molecule has 0 aliphatic carbocycles. The zero-order chi connectivity index (χ0) is 9.11. The first-order chi connectivity index (χ1) is 5.22. The van der Waals surface area contributed by atoms with Crippen molar-refractivity contribution in [2.45, 2.75) is 13.8 Å². The van der Waals surface area contributed by atoms with Gasteiger partial charge in [0, 0.05) is 19.5 Å². The Bertz CT molecular complexity index is 88.8. The fourth-order valence-electron chi connectivity index (χ4n) is 0.277. The molecule has 0 aromatic carbocycles. The zero-order valence-electron chi connectivity index (χ0n) is 7.18. The van der Waals surface area contributed by atoms with Crippen molar-refractivity contribution in [2.24, 2.45) is 0 Å². The fraction of sp³-hybridized carbons (Fsp3) is 0.800. The van der Waals surface area contributed by atoms with Gasteiger partial charge >= 0.3 is 8.25 Å². The second-order valence-electron chi connectivity index (χ2n) is 1.20. The molecule has 0 aliphatic rings. The quantitative estimate of drug-likeness (QED) is 0.439. The molecule has 0 unspecified atom stereocenters. The molecule has 0 heterocycles. The summed E-state index contributed by atoms with van der Waals surface area (Å²) in [6, 6.07) is 0. The van der Waals surface area contributed by atoms with Gasteiger partial charge in [0.1, 0.15) is 0 Å². The van der Waals surface area contributed by atoms with Gasteiger partial charge in [-0.15, -0.1) is 0 Å². The van der Waals surface area contributed by atoms with Crippen LogP contribution in [0.25, 0.3) is 0 Å². The minimum absolute atomic E-state index is 0. The molecule has 0 radical (unpaired) electrons. The fourth-order valence-corrected chi connectivity index (χ4v) is 0.832. The van der Waals surface area contributed by atoms with Gasteiger partial charge in [0.25, 0.3) is 0 Å². The van der Waals surface area contributed by atoms with Crippen LogP contribution in [0.15, 0.2) is 0 Å². The zero-order valence-corrected chi connectivity index (χ0v) is 11.1. The topological polar surface area (TPSA) is 35.5 Å². The van der Waals surface area contributed by atoms with Crippen LogP contribution in [0.2, 0.25) is 0 Å². The smallest absolute Gasteiger partial charge is 0.319 e. The van der Waals surface area contributed by atoms with E-state index in [4.69, 9.17) is 0 Å². The van der Waals surface area contributed by atoms with E-state index in [2.05, 4.69) is 9.05 Å². The summed E-state index contributed by atoms with van der Waals surface area (Å²) in [6.07, 6.45) is 0. The van der Waals surface area contributed by atoms with Gasteiger partial charge in [0.2, 0.25) is 0 Å². The van der Waals surface area contributed by atoms with Gasteiger partial charge < -0.3 is 17.8 Å². The molecule has 3 nitrogen and oxygen atoms in total. The predicted molar refractivity (Wildman–Crippen MR) is 38.8 cm³/mol. The van der Waals surface area contributed by atoms with Crippen LogP contribution in [0.5, 0.6) is 0 Å². The number of hydrogen-bond acceptors (Lipinski definition) is 3. The SMILES string of the molecule is CCO[PH](=O)OCC.F[CH-]F.[Zn]. The first-order valence-corrected chi connectivity index (χ1v) is 4.27.